The van der Waals surface area contributed by atoms with Gasteiger partial charge < -0.3 is 29.0 Å². The summed E-state index contributed by atoms with van der Waals surface area (Å²) >= 11 is 0. The van der Waals surface area contributed by atoms with E-state index in [1.54, 1.807) is 42.5 Å². The number of carbonyl (C=O) groups is 2. The van der Waals surface area contributed by atoms with Crippen molar-refractivity contribution in [2.24, 2.45) is 0 Å². The zero-order chi connectivity index (χ0) is 27.9. The Morgan fingerprint density at radius 1 is 0.949 bits per heavy atom. The van der Waals surface area contributed by atoms with Gasteiger partial charge in [0.2, 0.25) is 0 Å². The average molecular weight is 532 g/mol. The Labute approximate surface area is 228 Å². The molecular weight excluding hydrogens is 498 g/mol. The van der Waals surface area contributed by atoms with Gasteiger partial charge in [0.25, 0.3) is 11.7 Å². The predicted molar refractivity (Wildman–Crippen MR) is 147 cm³/mol. The van der Waals surface area contributed by atoms with Crippen LogP contribution >= 0.6 is 0 Å². The third-order valence-electron chi connectivity index (χ3n) is 6.50. The van der Waals surface area contributed by atoms with E-state index in [0.29, 0.717) is 41.6 Å². The maximum absolute atomic E-state index is 13.2. The fourth-order valence-corrected chi connectivity index (χ4v) is 4.61. The van der Waals surface area contributed by atoms with Gasteiger partial charge in [-0.25, -0.2) is 0 Å². The molecule has 0 aliphatic carbocycles. The minimum Gasteiger partial charge on any atom is -0.507 e. The topological polar surface area (TPSA) is 94.5 Å². The Hall–Kier alpha value is -4.30. The molecule has 1 aliphatic heterocycles. The van der Waals surface area contributed by atoms with Crippen molar-refractivity contribution in [3.8, 4) is 17.2 Å². The first kappa shape index (κ1) is 27.7. The number of benzene rings is 3. The number of carbonyl (C=O) groups excluding carboxylic acids is 2. The molecule has 3 aromatic rings. The zero-order valence-electron chi connectivity index (χ0n) is 22.6. The van der Waals surface area contributed by atoms with Crippen LogP contribution in [0.15, 0.2) is 72.3 Å². The summed E-state index contributed by atoms with van der Waals surface area (Å²) in [5.74, 6) is -0.121. The van der Waals surface area contributed by atoms with Crippen molar-refractivity contribution >= 4 is 17.4 Å². The van der Waals surface area contributed by atoms with Gasteiger partial charge in [0, 0.05) is 19.2 Å². The van der Waals surface area contributed by atoms with Gasteiger partial charge in [0.05, 0.1) is 31.9 Å². The Kier molecular flexibility index (Phi) is 8.88. The fourth-order valence-electron chi connectivity index (χ4n) is 4.61. The zero-order valence-corrected chi connectivity index (χ0v) is 22.6. The van der Waals surface area contributed by atoms with E-state index in [0.717, 1.165) is 11.1 Å². The molecular formula is C31H33NO7. The highest BCUT2D eigenvalue weighted by Gasteiger charge is 2.46. The summed E-state index contributed by atoms with van der Waals surface area (Å²) in [7, 11) is 3.04. The number of hydrogen-bond acceptors (Lipinski definition) is 7. The number of aliphatic hydroxyl groups excluding tert-OH is 1. The molecule has 0 saturated carbocycles. The maximum atomic E-state index is 13.2. The number of nitrogens with zero attached hydrogens (tertiary/aromatic N) is 1. The Bertz CT molecular complexity index is 1360. The minimum absolute atomic E-state index is 0.00394. The predicted octanol–water partition coefficient (Wildman–Crippen LogP) is 5.05. The summed E-state index contributed by atoms with van der Waals surface area (Å²) in [4.78, 5) is 27.7. The molecule has 0 radical (unpaired) electrons. The van der Waals surface area contributed by atoms with Crippen LogP contribution in [0.2, 0.25) is 0 Å². The number of rotatable bonds is 11. The monoisotopic (exact) mass is 531 g/mol. The van der Waals surface area contributed by atoms with E-state index in [1.807, 2.05) is 32.0 Å². The molecule has 0 aromatic heterocycles. The Morgan fingerprint density at radius 3 is 2.38 bits per heavy atom. The lowest BCUT2D eigenvalue weighted by Gasteiger charge is -2.25. The molecule has 1 N–H and O–H groups in total. The molecule has 4 rings (SSSR count). The van der Waals surface area contributed by atoms with E-state index < -0.39 is 17.7 Å². The lowest BCUT2D eigenvalue weighted by Crippen LogP contribution is -2.32. The molecule has 1 unspecified atom stereocenters. The molecule has 1 saturated heterocycles. The number of likely N-dealkylation sites (tertiary alicyclic amines) is 1. The second kappa shape index (κ2) is 12.5. The molecule has 8 heteroatoms. The first-order chi connectivity index (χ1) is 18.9. The SMILES string of the molecule is CCOc1ccc(C2C(=C(O)c3ccc(OCc4cccc(C)c4)cc3)C(=O)C(=O)N2CCOC)cc1OC. The number of aliphatic hydroxyl groups is 1. The number of methoxy groups -OCH3 is 2. The van der Waals surface area contributed by atoms with Gasteiger partial charge in [0.15, 0.2) is 11.5 Å². The molecule has 1 fully saturated rings. The molecule has 1 heterocycles. The van der Waals surface area contributed by atoms with Crippen molar-refractivity contribution in [1.29, 1.82) is 0 Å². The highest BCUT2D eigenvalue weighted by molar-refractivity contribution is 6.46. The summed E-state index contributed by atoms with van der Waals surface area (Å²) in [6.07, 6.45) is 0. The van der Waals surface area contributed by atoms with Crippen LogP contribution < -0.4 is 14.2 Å². The maximum Gasteiger partial charge on any atom is 0.295 e. The molecule has 8 nitrogen and oxygen atoms in total. The molecule has 0 spiro atoms. The lowest BCUT2D eigenvalue weighted by molar-refractivity contribution is -0.140. The van der Waals surface area contributed by atoms with Gasteiger partial charge in [0.1, 0.15) is 18.1 Å². The number of aryl methyl sites for hydroxylation is 1. The van der Waals surface area contributed by atoms with Gasteiger partial charge >= 0.3 is 0 Å². The van der Waals surface area contributed by atoms with Crippen LogP contribution in [0, 0.1) is 6.92 Å². The third-order valence-corrected chi connectivity index (χ3v) is 6.50. The van der Waals surface area contributed by atoms with Crippen LogP contribution in [-0.4, -0.2) is 55.7 Å². The fraction of sp³-hybridized carbons (Fsp3) is 0.290. The standard InChI is InChI=1S/C31H33NO7/c1-5-38-25-14-11-23(18-26(25)37-4)28-27(30(34)31(35)32(28)15-16-36-3)29(33)22-9-12-24(13-10-22)39-19-21-8-6-7-20(2)17-21/h6-14,17-18,28,33H,5,15-16,19H2,1-4H3. The van der Waals surface area contributed by atoms with Crippen molar-refractivity contribution in [3.05, 3.63) is 94.6 Å². The van der Waals surface area contributed by atoms with Gasteiger partial charge in [-0.3, -0.25) is 9.59 Å². The molecule has 1 aliphatic rings. The van der Waals surface area contributed by atoms with Crippen LogP contribution in [0.1, 0.15) is 35.2 Å². The van der Waals surface area contributed by atoms with Crippen LogP contribution in [-0.2, 0) is 20.9 Å². The van der Waals surface area contributed by atoms with Crippen LogP contribution in [0.25, 0.3) is 5.76 Å². The van der Waals surface area contributed by atoms with Crippen LogP contribution in [0.5, 0.6) is 17.2 Å². The number of Topliss-reactive ketones (excluding diaryl/α,β-unsaturated/α-hetero) is 1. The normalized spacial score (nSPS) is 16.4. The Morgan fingerprint density at radius 2 is 1.72 bits per heavy atom. The molecule has 39 heavy (non-hydrogen) atoms. The van der Waals surface area contributed by atoms with Crippen LogP contribution in [0.4, 0.5) is 0 Å². The van der Waals surface area contributed by atoms with Crippen molar-refractivity contribution in [2.75, 3.05) is 34.0 Å². The van der Waals surface area contributed by atoms with E-state index in [-0.39, 0.29) is 24.5 Å². The summed E-state index contributed by atoms with van der Waals surface area (Å²) in [6.45, 7) is 5.14. The quantitative estimate of drug-likeness (QED) is 0.210. The smallest absolute Gasteiger partial charge is 0.295 e. The number of ketones is 1. The molecule has 3 aromatic carbocycles. The summed E-state index contributed by atoms with van der Waals surface area (Å²) in [5.41, 5.74) is 3.19. The van der Waals surface area contributed by atoms with Gasteiger partial charge in [-0.1, -0.05) is 35.9 Å². The first-order valence-electron chi connectivity index (χ1n) is 12.7. The van der Waals surface area contributed by atoms with Gasteiger partial charge in [-0.2, -0.15) is 0 Å². The van der Waals surface area contributed by atoms with E-state index in [9.17, 15) is 14.7 Å². The summed E-state index contributed by atoms with van der Waals surface area (Å²) < 4.78 is 22.2. The first-order valence-corrected chi connectivity index (χ1v) is 12.7. The molecule has 1 amide bonds. The largest absolute Gasteiger partial charge is 0.507 e. The van der Waals surface area contributed by atoms with Crippen molar-refractivity contribution in [3.63, 3.8) is 0 Å². The van der Waals surface area contributed by atoms with Crippen LogP contribution in [0.3, 0.4) is 0 Å². The average Bonchev–Trinajstić information content (AvgIpc) is 3.20. The summed E-state index contributed by atoms with van der Waals surface area (Å²) in [6, 6.07) is 19.2. The van der Waals surface area contributed by atoms with E-state index in [1.165, 1.54) is 19.1 Å². The van der Waals surface area contributed by atoms with Gasteiger partial charge in [-0.05, 0) is 61.4 Å². The second-order valence-corrected chi connectivity index (χ2v) is 9.13. The van der Waals surface area contributed by atoms with E-state index in [2.05, 4.69) is 6.07 Å². The molecule has 0 bridgehead atoms. The molecule has 1 atom stereocenters. The highest BCUT2D eigenvalue weighted by Crippen LogP contribution is 2.42. The lowest BCUT2D eigenvalue weighted by atomic mass is 9.95. The van der Waals surface area contributed by atoms with Crippen molar-refractivity contribution < 1.29 is 33.6 Å². The van der Waals surface area contributed by atoms with Gasteiger partial charge in [-0.15, -0.1) is 0 Å². The summed E-state index contributed by atoms with van der Waals surface area (Å²) in [5, 5.41) is 11.3. The number of amides is 1. The second-order valence-electron chi connectivity index (χ2n) is 9.13. The van der Waals surface area contributed by atoms with E-state index >= 15 is 0 Å². The Balaban J connectivity index is 1.68. The van der Waals surface area contributed by atoms with Crippen molar-refractivity contribution in [1.82, 2.24) is 4.90 Å². The van der Waals surface area contributed by atoms with Crippen molar-refractivity contribution in [2.45, 2.75) is 26.5 Å². The number of hydrogen-bond donors (Lipinski definition) is 1. The highest BCUT2D eigenvalue weighted by atomic mass is 16.5. The molecule has 204 valence electrons. The van der Waals surface area contributed by atoms with E-state index in [4.69, 9.17) is 18.9 Å². The minimum atomic E-state index is -0.832. The third kappa shape index (κ3) is 6.07. The number of ether oxygens (including phenoxy) is 4.